The van der Waals surface area contributed by atoms with E-state index < -0.39 is 17.1 Å². The van der Waals surface area contributed by atoms with Gasteiger partial charge >= 0.3 is 0 Å². The van der Waals surface area contributed by atoms with E-state index in [0.29, 0.717) is 41.7 Å². The van der Waals surface area contributed by atoms with Crippen molar-refractivity contribution in [3.05, 3.63) is 114 Å². The van der Waals surface area contributed by atoms with Gasteiger partial charge in [-0.15, -0.1) is 11.8 Å². The van der Waals surface area contributed by atoms with Crippen molar-refractivity contribution in [2.24, 2.45) is 0 Å². The van der Waals surface area contributed by atoms with Gasteiger partial charge in [-0.3, -0.25) is 14.4 Å². The molecule has 3 amide bonds. The largest absolute Gasteiger partial charge is 0.486 e. The lowest BCUT2D eigenvalue weighted by Gasteiger charge is -2.19. The number of nitrogens with zero attached hydrogens (tertiary/aromatic N) is 1. The van der Waals surface area contributed by atoms with Crippen LogP contribution in [-0.4, -0.2) is 50.3 Å². The molecule has 1 aliphatic rings. The van der Waals surface area contributed by atoms with Gasteiger partial charge in [0.2, 0.25) is 5.91 Å². The first-order valence-electron chi connectivity index (χ1n) is 14.4. The minimum absolute atomic E-state index is 0.0895. The lowest BCUT2D eigenvalue weighted by Crippen LogP contribution is -2.30. The van der Waals surface area contributed by atoms with Crippen molar-refractivity contribution in [1.82, 2.24) is 5.32 Å². The van der Waals surface area contributed by atoms with Crippen LogP contribution in [-0.2, 0) is 9.59 Å². The van der Waals surface area contributed by atoms with Crippen LogP contribution in [0.15, 0.2) is 108 Å². The average Bonchev–Trinajstić information content (AvgIpc) is 3.05. The van der Waals surface area contributed by atoms with E-state index in [1.54, 1.807) is 66.7 Å². The van der Waals surface area contributed by atoms with Crippen LogP contribution < -0.4 is 30.3 Å². The maximum Gasteiger partial charge on any atom is 0.272 e. The zero-order valence-electron chi connectivity index (χ0n) is 25.2. The predicted octanol–water partition coefficient (Wildman–Crippen LogP) is 6.05. The van der Waals surface area contributed by atoms with E-state index in [1.807, 2.05) is 62.3 Å². The van der Waals surface area contributed by atoms with E-state index >= 15 is 0 Å². The third-order valence-corrected chi connectivity index (χ3v) is 7.93. The van der Waals surface area contributed by atoms with Crippen LogP contribution in [0.1, 0.15) is 22.8 Å². The Hall–Kier alpha value is -5.22. The standard InChI is InChI=1S/C35H34N4O5S/c1-23(33(40)36-27-14-17-31-32(22-27)44-19-18-43-31)45-29-11-7-10-26(21-29)37-35(42)30(38-34(41)25-8-5-4-6-9-25)20-24-12-15-28(16-13-24)39(2)3/h4-17,20-23H,18-19H2,1-3H3,(H,36,40)(H,37,42)(H,38,41)/b30-20+. The Balaban J connectivity index is 1.27. The highest BCUT2D eigenvalue weighted by atomic mass is 32.2. The Morgan fingerprint density at radius 3 is 2.24 bits per heavy atom. The lowest BCUT2D eigenvalue weighted by molar-refractivity contribution is -0.115. The van der Waals surface area contributed by atoms with E-state index in [4.69, 9.17) is 9.47 Å². The summed E-state index contributed by atoms with van der Waals surface area (Å²) in [6.45, 7) is 2.77. The number of fused-ring (bicyclic) bond motifs is 1. The van der Waals surface area contributed by atoms with Crippen molar-refractivity contribution in [1.29, 1.82) is 0 Å². The molecule has 0 bridgehead atoms. The van der Waals surface area contributed by atoms with Crippen molar-refractivity contribution in [3.8, 4) is 11.5 Å². The van der Waals surface area contributed by atoms with Crippen LogP contribution in [0.3, 0.4) is 0 Å². The molecule has 1 unspecified atom stereocenters. The molecule has 10 heteroatoms. The molecule has 0 spiro atoms. The summed E-state index contributed by atoms with van der Waals surface area (Å²) < 4.78 is 11.2. The molecule has 9 nitrogen and oxygen atoms in total. The van der Waals surface area contributed by atoms with Gasteiger partial charge < -0.3 is 30.3 Å². The number of ether oxygens (including phenoxy) is 2. The number of hydrogen-bond donors (Lipinski definition) is 3. The fraction of sp³-hybridized carbons (Fsp3) is 0.171. The monoisotopic (exact) mass is 622 g/mol. The number of carbonyl (C=O) groups excluding carboxylic acids is 3. The van der Waals surface area contributed by atoms with Crippen LogP contribution in [0.2, 0.25) is 0 Å². The van der Waals surface area contributed by atoms with Gasteiger partial charge in [0.05, 0.1) is 5.25 Å². The predicted molar refractivity (Wildman–Crippen MR) is 179 cm³/mol. The lowest BCUT2D eigenvalue weighted by atomic mass is 10.1. The van der Waals surface area contributed by atoms with Crippen molar-refractivity contribution >= 4 is 52.6 Å². The van der Waals surface area contributed by atoms with E-state index in [9.17, 15) is 14.4 Å². The van der Waals surface area contributed by atoms with E-state index in [2.05, 4.69) is 16.0 Å². The second kappa shape index (κ2) is 14.5. The van der Waals surface area contributed by atoms with Gasteiger partial charge in [0.25, 0.3) is 11.8 Å². The highest BCUT2D eigenvalue weighted by Gasteiger charge is 2.19. The molecule has 45 heavy (non-hydrogen) atoms. The van der Waals surface area contributed by atoms with Crippen LogP contribution in [0.5, 0.6) is 11.5 Å². The Morgan fingerprint density at radius 2 is 1.51 bits per heavy atom. The van der Waals surface area contributed by atoms with Crippen LogP contribution in [0.4, 0.5) is 17.1 Å². The van der Waals surface area contributed by atoms with Gasteiger partial charge in [0.15, 0.2) is 11.5 Å². The topological polar surface area (TPSA) is 109 Å². The van der Waals surface area contributed by atoms with Gasteiger partial charge in [0, 0.05) is 47.7 Å². The van der Waals surface area contributed by atoms with Crippen molar-refractivity contribution in [2.45, 2.75) is 17.1 Å². The highest BCUT2D eigenvalue weighted by molar-refractivity contribution is 8.00. The summed E-state index contributed by atoms with van der Waals surface area (Å²) in [5.74, 6) is 0.189. The molecule has 0 saturated heterocycles. The summed E-state index contributed by atoms with van der Waals surface area (Å²) in [7, 11) is 3.90. The van der Waals surface area contributed by atoms with Gasteiger partial charge in [-0.05, 0) is 73.2 Å². The smallest absolute Gasteiger partial charge is 0.272 e. The Kier molecular flexibility index (Phi) is 10.1. The second-order valence-electron chi connectivity index (χ2n) is 10.5. The fourth-order valence-electron chi connectivity index (χ4n) is 4.45. The maximum atomic E-state index is 13.5. The normalized spacial score (nSPS) is 12.9. The first-order valence-corrected chi connectivity index (χ1v) is 15.3. The SMILES string of the molecule is CC(Sc1cccc(NC(=O)/C(=C\c2ccc(N(C)C)cc2)NC(=O)c2ccccc2)c1)C(=O)Nc1ccc2c(c1)OCCO2. The molecule has 1 atom stereocenters. The van der Waals surface area contributed by atoms with Gasteiger partial charge in [-0.25, -0.2) is 0 Å². The molecule has 1 heterocycles. The summed E-state index contributed by atoms with van der Waals surface area (Å²) in [6, 6.07) is 28.9. The van der Waals surface area contributed by atoms with Crippen LogP contribution in [0, 0.1) is 0 Å². The minimum Gasteiger partial charge on any atom is -0.486 e. The van der Waals surface area contributed by atoms with Gasteiger partial charge in [-0.2, -0.15) is 0 Å². The summed E-state index contributed by atoms with van der Waals surface area (Å²) in [6.07, 6.45) is 1.64. The first-order chi connectivity index (χ1) is 21.7. The van der Waals surface area contributed by atoms with Crippen molar-refractivity contribution in [2.75, 3.05) is 42.8 Å². The second-order valence-corrected chi connectivity index (χ2v) is 11.9. The number of thioether (sulfide) groups is 1. The number of anilines is 3. The number of nitrogens with one attached hydrogen (secondary N) is 3. The molecule has 4 aromatic rings. The molecular weight excluding hydrogens is 588 g/mol. The minimum atomic E-state index is -0.484. The molecular formula is C35H34N4O5S. The molecule has 1 aliphatic heterocycles. The van der Waals surface area contributed by atoms with Crippen LogP contribution >= 0.6 is 11.8 Å². The molecule has 0 aromatic heterocycles. The van der Waals surface area contributed by atoms with E-state index in [1.165, 1.54) is 11.8 Å². The molecule has 0 saturated carbocycles. The molecule has 4 aromatic carbocycles. The van der Waals surface area contributed by atoms with Gasteiger partial charge in [-0.1, -0.05) is 36.4 Å². The van der Waals surface area contributed by atoms with Crippen LogP contribution in [0.25, 0.3) is 6.08 Å². The molecule has 5 rings (SSSR count). The number of carbonyl (C=O) groups is 3. The summed E-state index contributed by atoms with van der Waals surface area (Å²) in [5.41, 5.74) is 3.42. The molecule has 0 radical (unpaired) electrons. The zero-order valence-corrected chi connectivity index (χ0v) is 26.0. The quantitative estimate of drug-likeness (QED) is 0.146. The number of hydrogen-bond acceptors (Lipinski definition) is 7. The number of amides is 3. The van der Waals surface area contributed by atoms with Gasteiger partial charge in [0.1, 0.15) is 18.9 Å². The molecule has 3 N–H and O–H groups in total. The summed E-state index contributed by atoms with van der Waals surface area (Å²) in [5, 5.41) is 8.15. The Labute approximate surface area is 266 Å². The van der Waals surface area contributed by atoms with Crippen molar-refractivity contribution < 1.29 is 23.9 Å². The Morgan fingerprint density at radius 1 is 0.800 bits per heavy atom. The number of rotatable bonds is 10. The maximum absolute atomic E-state index is 13.5. The van der Waals surface area contributed by atoms with E-state index in [-0.39, 0.29) is 11.6 Å². The van der Waals surface area contributed by atoms with Crippen molar-refractivity contribution in [3.63, 3.8) is 0 Å². The molecule has 0 aliphatic carbocycles. The summed E-state index contributed by atoms with van der Waals surface area (Å²) in [4.78, 5) is 42.2. The molecule has 0 fully saturated rings. The number of benzene rings is 4. The zero-order chi connectivity index (χ0) is 31.8. The first kappa shape index (κ1) is 31.2. The van der Waals surface area contributed by atoms with E-state index in [0.717, 1.165) is 16.1 Å². The fourth-order valence-corrected chi connectivity index (χ4v) is 5.37. The Bertz CT molecular complexity index is 1710. The third-order valence-electron chi connectivity index (χ3n) is 6.83. The molecule has 230 valence electrons. The summed E-state index contributed by atoms with van der Waals surface area (Å²) >= 11 is 1.36. The highest BCUT2D eigenvalue weighted by Crippen LogP contribution is 2.33. The average molecular weight is 623 g/mol. The third kappa shape index (κ3) is 8.45.